The van der Waals surface area contributed by atoms with Gasteiger partial charge in [0.2, 0.25) is 4.96 Å². The first kappa shape index (κ1) is 17.9. The molecule has 0 fully saturated rings. The van der Waals surface area contributed by atoms with Gasteiger partial charge >= 0.3 is 0 Å². The summed E-state index contributed by atoms with van der Waals surface area (Å²) >= 11 is 4.83. The summed E-state index contributed by atoms with van der Waals surface area (Å²) in [6.07, 6.45) is 2.82. The largest absolute Gasteiger partial charge is 0.494 e. The Morgan fingerprint density at radius 2 is 1.96 bits per heavy atom. The molecule has 0 unspecified atom stereocenters. The topological polar surface area (TPSA) is 56.5 Å². The van der Waals surface area contributed by atoms with Crippen LogP contribution in [0.3, 0.4) is 0 Å². The second kappa shape index (κ2) is 7.62. The van der Waals surface area contributed by atoms with E-state index in [9.17, 15) is 4.79 Å². The fraction of sp³-hybridized carbons (Fsp3) is 0.150. The minimum atomic E-state index is -0.160. The molecule has 0 aliphatic carbocycles. The molecule has 0 amide bonds. The van der Waals surface area contributed by atoms with E-state index in [4.69, 9.17) is 4.74 Å². The van der Waals surface area contributed by atoms with Crippen LogP contribution in [0.1, 0.15) is 18.9 Å². The molecule has 0 saturated carbocycles. The first-order chi connectivity index (χ1) is 13.2. The molecule has 0 N–H and O–H groups in total. The maximum atomic E-state index is 12.7. The molecule has 5 nitrogen and oxygen atoms in total. The van der Waals surface area contributed by atoms with Crippen molar-refractivity contribution < 1.29 is 4.74 Å². The lowest BCUT2D eigenvalue weighted by atomic mass is 10.2. The third kappa shape index (κ3) is 3.65. The number of thiazole rings is 1. The molecule has 0 radical (unpaired) electrons. The van der Waals surface area contributed by atoms with Crippen molar-refractivity contribution in [3.05, 3.63) is 73.5 Å². The van der Waals surface area contributed by atoms with Crippen molar-refractivity contribution in [2.75, 3.05) is 6.61 Å². The normalized spacial score (nSPS) is 12.0. The van der Waals surface area contributed by atoms with Gasteiger partial charge in [-0.3, -0.25) is 4.79 Å². The van der Waals surface area contributed by atoms with Gasteiger partial charge in [0.1, 0.15) is 5.75 Å². The van der Waals surface area contributed by atoms with E-state index in [1.54, 1.807) is 0 Å². The maximum absolute atomic E-state index is 12.7. The first-order valence-electron chi connectivity index (χ1n) is 8.55. The molecule has 7 heteroatoms. The summed E-state index contributed by atoms with van der Waals surface area (Å²) in [6, 6.07) is 15.4. The van der Waals surface area contributed by atoms with Crippen molar-refractivity contribution in [3.8, 4) is 17.1 Å². The minimum absolute atomic E-state index is 0.160. The third-order valence-corrected chi connectivity index (χ3v) is 5.64. The summed E-state index contributed by atoms with van der Waals surface area (Å²) in [5.41, 5.74) is 1.64. The number of ether oxygens (including phenoxy) is 1. The zero-order valence-electron chi connectivity index (χ0n) is 14.6. The number of hydrogen-bond donors (Lipinski definition) is 0. The van der Waals surface area contributed by atoms with Gasteiger partial charge in [0.15, 0.2) is 5.82 Å². The van der Waals surface area contributed by atoms with Gasteiger partial charge in [-0.2, -0.15) is 9.50 Å². The number of halogens is 1. The molecule has 0 saturated heterocycles. The predicted molar refractivity (Wildman–Crippen MR) is 111 cm³/mol. The molecule has 136 valence electrons. The van der Waals surface area contributed by atoms with Crippen LogP contribution in [-0.4, -0.2) is 21.2 Å². The number of nitrogens with zero attached hydrogens (tertiary/aromatic N) is 3. The van der Waals surface area contributed by atoms with Gasteiger partial charge in [-0.25, -0.2) is 0 Å². The lowest BCUT2D eigenvalue weighted by Gasteiger charge is -2.04. The fourth-order valence-electron chi connectivity index (χ4n) is 2.61. The Balaban J connectivity index is 1.69. The lowest BCUT2D eigenvalue weighted by Crippen LogP contribution is -2.23. The monoisotopic (exact) mass is 441 g/mol. The SMILES string of the molecule is CCCOc1ccc(-c2nc3sc(=Cc4ccccc4Br)c(=O)n3n2)cc1. The minimum Gasteiger partial charge on any atom is -0.494 e. The molecule has 2 aromatic carbocycles. The number of benzene rings is 2. The third-order valence-electron chi connectivity index (χ3n) is 3.96. The zero-order valence-corrected chi connectivity index (χ0v) is 17.0. The Morgan fingerprint density at radius 1 is 1.19 bits per heavy atom. The Bertz CT molecular complexity index is 1200. The molecule has 4 rings (SSSR count). The summed E-state index contributed by atoms with van der Waals surface area (Å²) in [7, 11) is 0. The van der Waals surface area contributed by atoms with Crippen molar-refractivity contribution in [2.45, 2.75) is 13.3 Å². The fourth-order valence-corrected chi connectivity index (χ4v) is 3.91. The Labute approximate surface area is 168 Å². The molecule has 0 spiro atoms. The molecule has 0 bridgehead atoms. The Morgan fingerprint density at radius 3 is 2.67 bits per heavy atom. The van der Waals surface area contributed by atoms with Crippen molar-refractivity contribution in [1.29, 1.82) is 0 Å². The molecule has 27 heavy (non-hydrogen) atoms. The number of rotatable bonds is 5. The Kier molecular flexibility index (Phi) is 5.05. The highest BCUT2D eigenvalue weighted by molar-refractivity contribution is 9.10. The van der Waals surface area contributed by atoms with Gasteiger partial charge < -0.3 is 4.74 Å². The van der Waals surface area contributed by atoms with Crippen LogP contribution in [0.25, 0.3) is 22.4 Å². The van der Waals surface area contributed by atoms with Crippen LogP contribution in [0, 0.1) is 0 Å². The smallest absolute Gasteiger partial charge is 0.291 e. The van der Waals surface area contributed by atoms with E-state index in [1.165, 1.54) is 15.9 Å². The van der Waals surface area contributed by atoms with E-state index in [0.717, 1.165) is 27.8 Å². The van der Waals surface area contributed by atoms with Crippen molar-refractivity contribution in [1.82, 2.24) is 14.6 Å². The van der Waals surface area contributed by atoms with Crippen LogP contribution in [0.5, 0.6) is 5.75 Å². The van der Waals surface area contributed by atoms with Crippen LogP contribution in [0.2, 0.25) is 0 Å². The van der Waals surface area contributed by atoms with E-state index >= 15 is 0 Å². The number of aromatic nitrogens is 3. The van der Waals surface area contributed by atoms with Crippen LogP contribution in [-0.2, 0) is 0 Å². The summed E-state index contributed by atoms with van der Waals surface area (Å²) < 4.78 is 8.50. The molecule has 0 atom stereocenters. The standard InChI is InChI=1S/C20H16BrN3O2S/c1-2-11-26-15-9-7-13(8-10-15)18-22-20-24(23-18)19(25)17(27-20)12-14-5-3-4-6-16(14)21/h3-10,12H,2,11H2,1H3. The molecular formula is C20H16BrN3O2S. The van der Waals surface area contributed by atoms with E-state index < -0.39 is 0 Å². The average molecular weight is 442 g/mol. The van der Waals surface area contributed by atoms with E-state index in [1.807, 2.05) is 54.6 Å². The van der Waals surface area contributed by atoms with E-state index in [-0.39, 0.29) is 5.56 Å². The van der Waals surface area contributed by atoms with Gasteiger partial charge in [-0.05, 0) is 48.4 Å². The molecule has 2 aromatic heterocycles. The van der Waals surface area contributed by atoms with Gasteiger partial charge in [-0.1, -0.05) is 52.4 Å². The highest BCUT2D eigenvalue weighted by atomic mass is 79.9. The van der Waals surface area contributed by atoms with Crippen LogP contribution in [0.15, 0.2) is 57.8 Å². The molecule has 2 heterocycles. The lowest BCUT2D eigenvalue weighted by molar-refractivity contribution is 0.317. The number of hydrogen-bond acceptors (Lipinski definition) is 5. The van der Waals surface area contributed by atoms with Crippen molar-refractivity contribution in [2.24, 2.45) is 0 Å². The van der Waals surface area contributed by atoms with Crippen molar-refractivity contribution >= 4 is 38.3 Å². The first-order valence-corrected chi connectivity index (χ1v) is 10.2. The summed E-state index contributed by atoms with van der Waals surface area (Å²) in [4.78, 5) is 17.8. The molecular weight excluding hydrogens is 426 g/mol. The quantitative estimate of drug-likeness (QED) is 0.470. The zero-order chi connectivity index (χ0) is 18.8. The summed E-state index contributed by atoms with van der Waals surface area (Å²) in [6.45, 7) is 2.76. The van der Waals surface area contributed by atoms with Gasteiger partial charge in [0.25, 0.3) is 5.56 Å². The maximum Gasteiger partial charge on any atom is 0.291 e. The number of fused-ring (bicyclic) bond motifs is 1. The molecule has 0 aliphatic heterocycles. The van der Waals surface area contributed by atoms with Crippen molar-refractivity contribution in [3.63, 3.8) is 0 Å². The van der Waals surface area contributed by atoms with Crippen LogP contribution in [0.4, 0.5) is 0 Å². The highest BCUT2D eigenvalue weighted by Crippen LogP contribution is 2.21. The predicted octanol–water partition coefficient (Wildman–Crippen LogP) is 3.92. The van der Waals surface area contributed by atoms with Gasteiger partial charge in [0, 0.05) is 10.0 Å². The molecule has 4 aromatic rings. The Hall–Kier alpha value is -2.51. The highest BCUT2D eigenvalue weighted by Gasteiger charge is 2.12. The van der Waals surface area contributed by atoms with Crippen LogP contribution >= 0.6 is 27.3 Å². The molecule has 0 aliphatic rings. The van der Waals surface area contributed by atoms with Gasteiger partial charge in [0.05, 0.1) is 11.1 Å². The van der Waals surface area contributed by atoms with E-state index in [2.05, 4.69) is 32.9 Å². The average Bonchev–Trinajstić information content (AvgIpc) is 3.22. The summed E-state index contributed by atoms with van der Waals surface area (Å²) in [5.74, 6) is 1.35. The summed E-state index contributed by atoms with van der Waals surface area (Å²) in [5, 5.41) is 4.39. The van der Waals surface area contributed by atoms with Gasteiger partial charge in [-0.15, -0.1) is 5.10 Å². The van der Waals surface area contributed by atoms with E-state index in [0.29, 0.717) is 21.9 Å². The second-order valence-corrected chi connectivity index (χ2v) is 7.80. The van der Waals surface area contributed by atoms with Crippen LogP contribution < -0.4 is 14.8 Å². The second-order valence-electron chi connectivity index (χ2n) is 5.94.